The topological polar surface area (TPSA) is 101 Å². The summed E-state index contributed by atoms with van der Waals surface area (Å²) in [6.45, 7) is 1.47. The van der Waals surface area contributed by atoms with Crippen molar-refractivity contribution in [2.75, 3.05) is 7.11 Å². The first-order valence-corrected chi connectivity index (χ1v) is 4.58. The summed E-state index contributed by atoms with van der Waals surface area (Å²) in [6, 6.07) is 2.51. The van der Waals surface area contributed by atoms with Gasteiger partial charge in [-0.3, -0.25) is 0 Å². The number of rotatable bonds is 3. The third-order valence-corrected chi connectivity index (χ3v) is 2.25. The molecule has 0 aliphatic rings. The van der Waals surface area contributed by atoms with E-state index in [2.05, 4.69) is 4.74 Å². The van der Waals surface area contributed by atoms with E-state index >= 15 is 0 Å². The first-order valence-electron chi connectivity index (χ1n) is 4.58. The van der Waals surface area contributed by atoms with E-state index in [0.29, 0.717) is 5.56 Å². The molecule has 0 atom stereocenters. The Labute approximate surface area is 96.4 Å². The van der Waals surface area contributed by atoms with Crippen LogP contribution in [0.15, 0.2) is 12.1 Å². The highest BCUT2D eigenvalue weighted by Gasteiger charge is 2.26. The van der Waals surface area contributed by atoms with E-state index in [9.17, 15) is 14.4 Å². The van der Waals surface area contributed by atoms with Gasteiger partial charge in [0.05, 0.1) is 23.8 Å². The second-order valence-electron chi connectivity index (χ2n) is 3.28. The van der Waals surface area contributed by atoms with Gasteiger partial charge in [-0.2, -0.15) is 0 Å². The molecule has 2 N–H and O–H groups in total. The van der Waals surface area contributed by atoms with Crippen LogP contribution in [0.2, 0.25) is 0 Å². The number of carboxylic acid groups (broad SMARTS) is 2. The molecule has 0 heterocycles. The molecule has 0 spiro atoms. The van der Waals surface area contributed by atoms with Crippen molar-refractivity contribution in [1.82, 2.24) is 0 Å². The van der Waals surface area contributed by atoms with Crippen molar-refractivity contribution in [3.05, 3.63) is 34.4 Å². The number of hydrogen-bond acceptors (Lipinski definition) is 4. The number of aryl methyl sites for hydroxylation is 1. The number of benzene rings is 1. The molecule has 0 aromatic heterocycles. The lowest BCUT2D eigenvalue weighted by atomic mass is 9.96. The molecule has 0 bridgehead atoms. The molecular formula is C11H10O6. The maximum Gasteiger partial charge on any atom is 0.339 e. The predicted octanol–water partition coefficient (Wildman–Crippen LogP) is 1.18. The molecule has 0 aliphatic carbocycles. The highest BCUT2D eigenvalue weighted by Crippen LogP contribution is 2.20. The summed E-state index contributed by atoms with van der Waals surface area (Å²) in [4.78, 5) is 33.4. The van der Waals surface area contributed by atoms with Crippen LogP contribution >= 0.6 is 0 Å². The van der Waals surface area contributed by atoms with Gasteiger partial charge < -0.3 is 14.9 Å². The van der Waals surface area contributed by atoms with Gasteiger partial charge in [0.1, 0.15) is 0 Å². The Morgan fingerprint density at radius 2 is 1.65 bits per heavy atom. The second-order valence-corrected chi connectivity index (χ2v) is 3.28. The smallest absolute Gasteiger partial charge is 0.339 e. The Bertz CT molecular complexity index is 503. The standard InChI is InChI=1S/C11H10O6/c1-5-3-4-6(9(12)13)8(11(16)17-2)7(5)10(14)15/h3-4H,1-2H3,(H,12,13)(H,14,15). The Hall–Kier alpha value is -2.37. The molecule has 0 fully saturated rings. The monoisotopic (exact) mass is 238 g/mol. The lowest BCUT2D eigenvalue weighted by Crippen LogP contribution is -2.17. The van der Waals surface area contributed by atoms with Crippen LogP contribution in [0.5, 0.6) is 0 Å². The summed E-state index contributed by atoms with van der Waals surface area (Å²) in [7, 11) is 1.06. The number of aromatic carboxylic acids is 2. The van der Waals surface area contributed by atoms with E-state index in [1.165, 1.54) is 19.1 Å². The largest absolute Gasteiger partial charge is 0.478 e. The molecule has 0 unspecified atom stereocenters. The van der Waals surface area contributed by atoms with Gasteiger partial charge in [-0.15, -0.1) is 0 Å². The highest BCUT2D eigenvalue weighted by atomic mass is 16.5. The number of hydrogen-bond donors (Lipinski definition) is 2. The molecule has 0 saturated heterocycles. The Kier molecular flexibility index (Phi) is 3.47. The quantitative estimate of drug-likeness (QED) is 0.766. The van der Waals surface area contributed by atoms with Crippen molar-refractivity contribution in [1.29, 1.82) is 0 Å². The molecular weight excluding hydrogens is 228 g/mol. The van der Waals surface area contributed by atoms with Crippen LogP contribution in [0.25, 0.3) is 0 Å². The Morgan fingerprint density at radius 3 is 2.06 bits per heavy atom. The molecule has 1 aromatic carbocycles. The Morgan fingerprint density at radius 1 is 1.06 bits per heavy atom. The van der Waals surface area contributed by atoms with E-state index in [-0.39, 0.29) is 11.1 Å². The molecule has 1 aromatic rings. The number of carboxylic acids is 2. The molecule has 90 valence electrons. The van der Waals surface area contributed by atoms with E-state index in [1.54, 1.807) is 0 Å². The van der Waals surface area contributed by atoms with Gasteiger partial charge in [0, 0.05) is 0 Å². The van der Waals surface area contributed by atoms with Crippen molar-refractivity contribution in [3.63, 3.8) is 0 Å². The van der Waals surface area contributed by atoms with Gasteiger partial charge in [-0.25, -0.2) is 14.4 Å². The van der Waals surface area contributed by atoms with Crippen molar-refractivity contribution in [2.24, 2.45) is 0 Å². The van der Waals surface area contributed by atoms with Gasteiger partial charge >= 0.3 is 17.9 Å². The van der Waals surface area contributed by atoms with Crippen molar-refractivity contribution in [3.8, 4) is 0 Å². The zero-order valence-electron chi connectivity index (χ0n) is 9.18. The molecule has 6 nitrogen and oxygen atoms in total. The summed E-state index contributed by atoms with van der Waals surface area (Å²) < 4.78 is 4.41. The average Bonchev–Trinajstić information content (AvgIpc) is 2.26. The zero-order valence-corrected chi connectivity index (χ0v) is 9.18. The van der Waals surface area contributed by atoms with Gasteiger partial charge in [-0.05, 0) is 18.6 Å². The average molecular weight is 238 g/mol. The number of ether oxygens (including phenoxy) is 1. The van der Waals surface area contributed by atoms with Crippen LogP contribution < -0.4 is 0 Å². The summed E-state index contributed by atoms with van der Waals surface area (Å²) in [5, 5.41) is 17.9. The van der Waals surface area contributed by atoms with E-state index < -0.39 is 23.5 Å². The number of esters is 1. The molecule has 1 rings (SSSR count). The molecule has 0 radical (unpaired) electrons. The zero-order chi connectivity index (χ0) is 13.2. The first-order chi connectivity index (χ1) is 7.90. The van der Waals surface area contributed by atoms with Gasteiger partial charge in [0.15, 0.2) is 0 Å². The second kappa shape index (κ2) is 4.65. The lowest BCUT2D eigenvalue weighted by molar-refractivity contribution is 0.0568. The van der Waals surface area contributed by atoms with Crippen molar-refractivity contribution < 1.29 is 29.3 Å². The van der Waals surface area contributed by atoms with E-state index in [4.69, 9.17) is 10.2 Å². The minimum atomic E-state index is -1.38. The van der Waals surface area contributed by atoms with Crippen LogP contribution in [-0.2, 0) is 4.74 Å². The fourth-order valence-corrected chi connectivity index (χ4v) is 1.47. The molecule has 0 amide bonds. The molecule has 0 aliphatic heterocycles. The number of methoxy groups -OCH3 is 1. The summed E-state index contributed by atoms with van der Waals surface area (Å²) in [5.41, 5.74) is -0.882. The summed E-state index contributed by atoms with van der Waals surface area (Å²) >= 11 is 0. The van der Waals surface area contributed by atoms with E-state index in [0.717, 1.165) is 7.11 Å². The van der Waals surface area contributed by atoms with Crippen LogP contribution in [0.4, 0.5) is 0 Å². The normalized spacial score (nSPS) is 9.76. The number of carbonyl (C=O) groups excluding carboxylic acids is 1. The van der Waals surface area contributed by atoms with Crippen molar-refractivity contribution >= 4 is 17.9 Å². The minimum absolute atomic E-state index is 0.294. The number of carbonyl (C=O) groups is 3. The van der Waals surface area contributed by atoms with Gasteiger partial charge in [0.2, 0.25) is 0 Å². The highest BCUT2D eigenvalue weighted by molar-refractivity contribution is 6.10. The molecule has 0 saturated carbocycles. The molecule has 6 heteroatoms. The van der Waals surface area contributed by atoms with Crippen molar-refractivity contribution in [2.45, 2.75) is 6.92 Å². The molecule has 17 heavy (non-hydrogen) atoms. The van der Waals surface area contributed by atoms with E-state index in [1.807, 2.05) is 0 Å². The predicted molar refractivity (Wildman–Crippen MR) is 56.4 cm³/mol. The lowest BCUT2D eigenvalue weighted by Gasteiger charge is -2.10. The Balaban J connectivity index is 3.67. The first kappa shape index (κ1) is 12.7. The van der Waals surface area contributed by atoms with Crippen LogP contribution in [0, 0.1) is 6.92 Å². The third kappa shape index (κ3) is 2.25. The van der Waals surface area contributed by atoms with Crippen LogP contribution in [0.3, 0.4) is 0 Å². The summed E-state index contributed by atoms with van der Waals surface area (Å²) in [6.07, 6.45) is 0. The summed E-state index contributed by atoms with van der Waals surface area (Å²) in [5.74, 6) is -3.73. The minimum Gasteiger partial charge on any atom is -0.478 e. The maximum atomic E-state index is 11.5. The van der Waals surface area contributed by atoms with Crippen LogP contribution in [-0.4, -0.2) is 35.2 Å². The fraction of sp³-hybridized carbons (Fsp3) is 0.182. The third-order valence-electron chi connectivity index (χ3n) is 2.25. The fourth-order valence-electron chi connectivity index (χ4n) is 1.47. The van der Waals surface area contributed by atoms with Gasteiger partial charge in [-0.1, -0.05) is 6.07 Å². The SMILES string of the molecule is COC(=O)c1c(C(=O)O)ccc(C)c1C(=O)O. The van der Waals surface area contributed by atoms with Gasteiger partial charge in [0.25, 0.3) is 0 Å². The van der Waals surface area contributed by atoms with Crippen LogP contribution in [0.1, 0.15) is 36.6 Å². The maximum absolute atomic E-state index is 11.5.